The van der Waals surface area contributed by atoms with E-state index in [1.54, 1.807) is 6.07 Å². The molecule has 0 aliphatic rings. The van der Waals surface area contributed by atoms with Crippen LogP contribution in [-0.4, -0.2) is 15.2 Å². The van der Waals surface area contributed by atoms with Crippen LogP contribution >= 0.6 is 0 Å². The number of alkyl halides is 3. The highest BCUT2D eigenvalue weighted by atomic mass is 19.4. The summed E-state index contributed by atoms with van der Waals surface area (Å²) in [5.41, 5.74) is -1.24. The van der Waals surface area contributed by atoms with Crippen LogP contribution in [0.2, 0.25) is 0 Å². The lowest BCUT2D eigenvalue weighted by atomic mass is 9.94. The zero-order valence-electron chi connectivity index (χ0n) is 13.1. The predicted molar refractivity (Wildman–Crippen MR) is 87.5 cm³/mol. The summed E-state index contributed by atoms with van der Waals surface area (Å²) in [4.78, 5) is 16.8. The van der Waals surface area contributed by atoms with Crippen LogP contribution in [0.5, 0.6) is 0 Å². The molecule has 130 valence electrons. The Labute approximate surface area is 144 Å². The number of pyridine rings is 2. The van der Waals surface area contributed by atoms with Crippen molar-refractivity contribution in [3.8, 4) is 0 Å². The van der Waals surface area contributed by atoms with E-state index < -0.39 is 28.9 Å². The molecule has 0 saturated carbocycles. The summed E-state index contributed by atoms with van der Waals surface area (Å²) in [6, 6.07) is 8.75. The van der Waals surface area contributed by atoms with E-state index in [0.29, 0.717) is 5.52 Å². The van der Waals surface area contributed by atoms with Gasteiger partial charge in [0.05, 0.1) is 16.6 Å². The van der Waals surface area contributed by atoms with Crippen molar-refractivity contribution in [1.82, 2.24) is 9.38 Å². The Morgan fingerprint density at radius 1 is 1.00 bits per heavy atom. The highest BCUT2D eigenvalue weighted by Gasteiger charge is 2.39. The molecule has 4 rings (SSSR count). The van der Waals surface area contributed by atoms with Gasteiger partial charge in [0.15, 0.2) is 5.78 Å². The monoisotopic (exact) mass is 358 g/mol. The van der Waals surface area contributed by atoms with Gasteiger partial charge >= 0.3 is 6.18 Å². The van der Waals surface area contributed by atoms with Crippen LogP contribution in [0, 0.1) is 5.82 Å². The van der Waals surface area contributed by atoms with Gasteiger partial charge in [0.25, 0.3) is 0 Å². The molecule has 0 radical (unpaired) electrons. The number of hydrogen-bond acceptors (Lipinski definition) is 2. The summed E-state index contributed by atoms with van der Waals surface area (Å²) < 4.78 is 56.1. The molecule has 0 spiro atoms. The third-order valence-corrected chi connectivity index (χ3v) is 4.20. The van der Waals surface area contributed by atoms with E-state index in [9.17, 15) is 22.4 Å². The van der Waals surface area contributed by atoms with Gasteiger partial charge in [0.1, 0.15) is 5.82 Å². The van der Waals surface area contributed by atoms with E-state index in [4.69, 9.17) is 0 Å². The molecule has 7 heteroatoms. The number of carbonyl (C=O) groups excluding carboxylic acids is 1. The predicted octanol–water partition coefficient (Wildman–Crippen LogP) is 4.88. The second kappa shape index (κ2) is 5.66. The first-order valence-corrected chi connectivity index (χ1v) is 7.62. The fourth-order valence-corrected chi connectivity index (χ4v) is 3.12. The van der Waals surface area contributed by atoms with Gasteiger partial charge in [0, 0.05) is 35.1 Å². The molecular formula is C19H10F4N2O. The van der Waals surface area contributed by atoms with E-state index in [1.165, 1.54) is 47.3 Å². The van der Waals surface area contributed by atoms with Gasteiger partial charge in [-0.15, -0.1) is 0 Å². The average molecular weight is 358 g/mol. The van der Waals surface area contributed by atoms with Crippen molar-refractivity contribution in [3.05, 3.63) is 83.6 Å². The van der Waals surface area contributed by atoms with Crippen LogP contribution in [0.15, 0.2) is 61.1 Å². The number of ketones is 1. The zero-order valence-corrected chi connectivity index (χ0v) is 13.1. The van der Waals surface area contributed by atoms with Crippen molar-refractivity contribution in [1.29, 1.82) is 0 Å². The Morgan fingerprint density at radius 3 is 2.42 bits per heavy atom. The van der Waals surface area contributed by atoms with E-state index in [2.05, 4.69) is 4.98 Å². The van der Waals surface area contributed by atoms with Crippen molar-refractivity contribution >= 4 is 22.2 Å². The Bertz CT molecular complexity index is 1140. The lowest BCUT2D eigenvalue weighted by Gasteiger charge is -2.17. The standard InChI is InChI=1S/C19H10F4N2O/c20-12-5-3-11(4-6-12)18(26)16-13-10-24-8-7-14(13)25-9-1-2-15(25)17(16)19(21,22)23/h1-10H. The van der Waals surface area contributed by atoms with Gasteiger partial charge < -0.3 is 4.40 Å². The molecule has 0 atom stereocenters. The fraction of sp³-hybridized carbons (Fsp3) is 0.0526. The number of benzene rings is 1. The molecule has 0 saturated heterocycles. The maximum absolute atomic E-state index is 13.9. The van der Waals surface area contributed by atoms with Crippen LogP contribution < -0.4 is 0 Å². The Balaban J connectivity index is 2.14. The van der Waals surface area contributed by atoms with Crippen molar-refractivity contribution in [2.75, 3.05) is 0 Å². The van der Waals surface area contributed by atoms with Crippen molar-refractivity contribution in [3.63, 3.8) is 0 Å². The third kappa shape index (κ3) is 2.44. The van der Waals surface area contributed by atoms with Crippen molar-refractivity contribution < 1.29 is 22.4 Å². The van der Waals surface area contributed by atoms with Gasteiger partial charge in [0.2, 0.25) is 0 Å². The minimum atomic E-state index is -4.76. The SMILES string of the molecule is O=C(c1ccc(F)cc1)c1c(C(F)(F)F)c2cccn2c2ccncc12. The molecule has 1 aromatic carbocycles. The molecule has 4 aromatic rings. The molecule has 3 nitrogen and oxygen atoms in total. The van der Waals surface area contributed by atoms with Gasteiger partial charge in [-0.05, 0) is 42.5 Å². The fourth-order valence-electron chi connectivity index (χ4n) is 3.12. The second-order valence-electron chi connectivity index (χ2n) is 5.74. The number of halogens is 4. The molecule has 3 aromatic heterocycles. The van der Waals surface area contributed by atoms with E-state index in [0.717, 1.165) is 12.1 Å². The maximum atomic E-state index is 13.9. The van der Waals surface area contributed by atoms with E-state index >= 15 is 0 Å². The van der Waals surface area contributed by atoms with Crippen LogP contribution in [0.1, 0.15) is 21.5 Å². The van der Waals surface area contributed by atoms with Crippen LogP contribution in [-0.2, 0) is 6.18 Å². The molecule has 0 aliphatic carbocycles. The van der Waals surface area contributed by atoms with Crippen LogP contribution in [0.4, 0.5) is 17.6 Å². The zero-order chi connectivity index (χ0) is 18.5. The van der Waals surface area contributed by atoms with Crippen LogP contribution in [0.3, 0.4) is 0 Å². The first-order valence-electron chi connectivity index (χ1n) is 7.62. The lowest BCUT2D eigenvalue weighted by molar-refractivity contribution is -0.136. The lowest BCUT2D eigenvalue weighted by Crippen LogP contribution is -2.17. The molecule has 0 amide bonds. The topological polar surface area (TPSA) is 34.4 Å². The largest absolute Gasteiger partial charge is 0.419 e. The number of hydrogen-bond donors (Lipinski definition) is 0. The minimum absolute atomic E-state index is 0.0297. The number of nitrogens with zero attached hydrogens (tertiary/aromatic N) is 2. The Kier molecular flexibility index (Phi) is 3.54. The molecule has 0 fully saturated rings. The highest BCUT2D eigenvalue weighted by molar-refractivity contribution is 6.18. The summed E-state index contributed by atoms with van der Waals surface area (Å²) in [6.45, 7) is 0. The van der Waals surface area contributed by atoms with Gasteiger partial charge in [-0.25, -0.2) is 4.39 Å². The Morgan fingerprint density at radius 2 is 1.73 bits per heavy atom. The summed E-state index contributed by atoms with van der Waals surface area (Å²) in [6.07, 6.45) is -0.574. The average Bonchev–Trinajstić information content (AvgIpc) is 3.09. The summed E-state index contributed by atoms with van der Waals surface area (Å²) in [7, 11) is 0. The maximum Gasteiger partial charge on any atom is 0.419 e. The molecular weight excluding hydrogens is 348 g/mol. The van der Waals surface area contributed by atoms with E-state index in [1.807, 2.05) is 0 Å². The number of fused-ring (bicyclic) bond motifs is 3. The summed E-state index contributed by atoms with van der Waals surface area (Å²) in [5, 5.41) is 0.0813. The van der Waals surface area contributed by atoms with E-state index in [-0.39, 0.29) is 16.5 Å². The summed E-state index contributed by atoms with van der Waals surface area (Å²) in [5.74, 6) is -1.41. The number of rotatable bonds is 2. The second-order valence-corrected chi connectivity index (χ2v) is 5.74. The molecule has 0 N–H and O–H groups in total. The molecule has 0 aliphatic heterocycles. The van der Waals surface area contributed by atoms with Gasteiger partial charge in [-0.2, -0.15) is 13.2 Å². The molecule has 0 unspecified atom stereocenters. The third-order valence-electron chi connectivity index (χ3n) is 4.20. The van der Waals surface area contributed by atoms with Gasteiger partial charge in [-0.1, -0.05) is 0 Å². The molecule has 26 heavy (non-hydrogen) atoms. The van der Waals surface area contributed by atoms with Crippen molar-refractivity contribution in [2.24, 2.45) is 0 Å². The summed E-state index contributed by atoms with van der Waals surface area (Å²) >= 11 is 0. The van der Waals surface area contributed by atoms with Crippen LogP contribution in [0.25, 0.3) is 16.4 Å². The molecule has 3 heterocycles. The molecule has 0 bridgehead atoms. The first kappa shape index (κ1) is 16.3. The Hall–Kier alpha value is -3.22. The normalized spacial score (nSPS) is 12.0. The first-order chi connectivity index (χ1) is 12.4. The number of aromatic nitrogens is 2. The number of carbonyl (C=O) groups is 1. The van der Waals surface area contributed by atoms with Gasteiger partial charge in [-0.3, -0.25) is 9.78 Å². The van der Waals surface area contributed by atoms with Crippen molar-refractivity contribution in [2.45, 2.75) is 6.18 Å². The smallest absolute Gasteiger partial charge is 0.316 e. The minimum Gasteiger partial charge on any atom is -0.316 e. The quantitative estimate of drug-likeness (QED) is 0.378. The highest BCUT2D eigenvalue weighted by Crippen LogP contribution is 2.39.